The van der Waals surface area contributed by atoms with Crippen molar-refractivity contribution in [3.05, 3.63) is 83.9 Å². The molecule has 0 saturated heterocycles. The van der Waals surface area contributed by atoms with Gasteiger partial charge in [0, 0.05) is 19.1 Å². The van der Waals surface area contributed by atoms with Crippen molar-refractivity contribution in [2.75, 3.05) is 0 Å². The molecule has 3 aromatic rings. The van der Waals surface area contributed by atoms with Crippen LogP contribution >= 0.6 is 0 Å². The zero-order chi connectivity index (χ0) is 15.4. The Morgan fingerprint density at radius 1 is 0.727 bits per heavy atom. The summed E-state index contributed by atoms with van der Waals surface area (Å²) in [6, 6.07) is 26.5. The van der Waals surface area contributed by atoms with Gasteiger partial charge in [-0.2, -0.15) is 0 Å². The summed E-state index contributed by atoms with van der Waals surface area (Å²) in [5.41, 5.74) is 2.78. The highest BCUT2D eigenvalue weighted by atomic mass is 15.1. The number of hydrogen-bond acceptors (Lipinski definition) is 1. The largest absolute Gasteiger partial charge is 0.292 e. The quantitative estimate of drug-likeness (QED) is 0.620. The molecule has 0 fully saturated rings. The van der Waals surface area contributed by atoms with Crippen molar-refractivity contribution >= 4 is 10.8 Å². The molecule has 0 aliphatic carbocycles. The fourth-order valence-corrected chi connectivity index (χ4v) is 2.89. The first-order valence-corrected chi connectivity index (χ1v) is 7.98. The van der Waals surface area contributed by atoms with Crippen LogP contribution in [-0.4, -0.2) is 10.9 Å². The van der Waals surface area contributed by atoms with Crippen LogP contribution in [-0.2, 0) is 13.1 Å². The molecule has 0 aliphatic rings. The molecule has 22 heavy (non-hydrogen) atoms. The van der Waals surface area contributed by atoms with Gasteiger partial charge in [0.1, 0.15) is 0 Å². The van der Waals surface area contributed by atoms with Gasteiger partial charge >= 0.3 is 0 Å². The molecule has 0 aromatic heterocycles. The standard InChI is InChI=1S/C21H23N/c1-17(2)22(15-18-9-4-3-5-10-18)16-20-13-8-12-19-11-6-7-14-21(19)20/h3-14,17H,15-16H2,1-2H3. The highest BCUT2D eigenvalue weighted by Gasteiger charge is 2.12. The summed E-state index contributed by atoms with van der Waals surface area (Å²) in [5.74, 6) is 0. The summed E-state index contributed by atoms with van der Waals surface area (Å²) < 4.78 is 0. The molecular weight excluding hydrogens is 266 g/mol. The van der Waals surface area contributed by atoms with Crippen LogP contribution < -0.4 is 0 Å². The minimum Gasteiger partial charge on any atom is -0.292 e. The second kappa shape index (κ2) is 6.76. The summed E-state index contributed by atoms with van der Waals surface area (Å²) in [6.07, 6.45) is 0. The third-order valence-electron chi connectivity index (χ3n) is 4.21. The molecule has 3 aromatic carbocycles. The molecular formula is C21H23N. The van der Waals surface area contributed by atoms with Crippen LogP contribution in [0.5, 0.6) is 0 Å². The summed E-state index contributed by atoms with van der Waals surface area (Å²) in [5, 5.41) is 2.69. The van der Waals surface area contributed by atoms with E-state index in [9.17, 15) is 0 Å². The SMILES string of the molecule is CC(C)N(Cc1ccccc1)Cc1cccc2ccccc12. The van der Waals surface area contributed by atoms with E-state index in [1.807, 2.05) is 0 Å². The lowest BCUT2D eigenvalue weighted by molar-refractivity contribution is 0.204. The van der Waals surface area contributed by atoms with Gasteiger partial charge in [0.25, 0.3) is 0 Å². The highest BCUT2D eigenvalue weighted by molar-refractivity contribution is 5.85. The van der Waals surface area contributed by atoms with Gasteiger partial charge in [-0.3, -0.25) is 4.90 Å². The Hall–Kier alpha value is -2.12. The van der Waals surface area contributed by atoms with Crippen molar-refractivity contribution in [1.29, 1.82) is 0 Å². The number of nitrogens with zero attached hydrogens (tertiary/aromatic N) is 1. The number of hydrogen-bond donors (Lipinski definition) is 0. The van der Waals surface area contributed by atoms with E-state index in [1.165, 1.54) is 21.9 Å². The molecule has 0 aliphatic heterocycles. The maximum atomic E-state index is 2.52. The maximum absolute atomic E-state index is 2.52. The van der Waals surface area contributed by atoms with Crippen molar-refractivity contribution in [3.8, 4) is 0 Å². The van der Waals surface area contributed by atoms with E-state index >= 15 is 0 Å². The molecule has 0 unspecified atom stereocenters. The van der Waals surface area contributed by atoms with Gasteiger partial charge in [0.2, 0.25) is 0 Å². The van der Waals surface area contributed by atoms with Crippen LogP contribution in [0, 0.1) is 0 Å². The third kappa shape index (κ3) is 3.37. The normalized spacial score (nSPS) is 11.5. The van der Waals surface area contributed by atoms with Crippen LogP contribution in [0.3, 0.4) is 0 Å². The Bertz CT molecular complexity index is 726. The lowest BCUT2D eigenvalue weighted by Gasteiger charge is -2.27. The second-order valence-corrected chi connectivity index (χ2v) is 6.12. The zero-order valence-corrected chi connectivity index (χ0v) is 13.4. The monoisotopic (exact) mass is 289 g/mol. The Labute approximate surface area is 133 Å². The van der Waals surface area contributed by atoms with Crippen LogP contribution in [0.25, 0.3) is 10.8 Å². The van der Waals surface area contributed by atoms with Crippen LogP contribution in [0.4, 0.5) is 0 Å². The minimum absolute atomic E-state index is 0.513. The Morgan fingerprint density at radius 2 is 1.41 bits per heavy atom. The zero-order valence-electron chi connectivity index (χ0n) is 13.4. The third-order valence-corrected chi connectivity index (χ3v) is 4.21. The van der Waals surface area contributed by atoms with E-state index in [-0.39, 0.29) is 0 Å². The molecule has 0 amide bonds. The number of rotatable bonds is 5. The van der Waals surface area contributed by atoms with E-state index in [0.717, 1.165) is 13.1 Å². The molecule has 1 nitrogen and oxygen atoms in total. The average Bonchev–Trinajstić information content (AvgIpc) is 2.55. The minimum atomic E-state index is 0.513. The smallest absolute Gasteiger partial charge is 0.0246 e. The van der Waals surface area contributed by atoms with Crippen molar-refractivity contribution in [2.24, 2.45) is 0 Å². The molecule has 3 rings (SSSR count). The second-order valence-electron chi connectivity index (χ2n) is 6.12. The van der Waals surface area contributed by atoms with E-state index in [0.29, 0.717) is 6.04 Å². The molecule has 0 bridgehead atoms. The van der Waals surface area contributed by atoms with Gasteiger partial charge in [-0.1, -0.05) is 72.8 Å². The first kappa shape index (κ1) is 14.8. The Kier molecular flexibility index (Phi) is 4.55. The van der Waals surface area contributed by atoms with Crippen molar-refractivity contribution in [3.63, 3.8) is 0 Å². The first-order valence-electron chi connectivity index (χ1n) is 7.98. The first-order chi connectivity index (χ1) is 10.7. The van der Waals surface area contributed by atoms with Crippen molar-refractivity contribution in [2.45, 2.75) is 33.0 Å². The predicted molar refractivity (Wildman–Crippen MR) is 94.8 cm³/mol. The molecule has 1 heteroatoms. The predicted octanol–water partition coefficient (Wildman–Crippen LogP) is 5.25. The summed E-state index contributed by atoms with van der Waals surface area (Å²) in [4.78, 5) is 2.52. The fraction of sp³-hybridized carbons (Fsp3) is 0.238. The molecule has 0 atom stereocenters. The van der Waals surface area contributed by atoms with E-state index in [4.69, 9.17) is 0 Å². The molecule has 0 N–H and O–H groups in total. The average molecular weight is 289 g/mol. The van der Waals surface area contributed by atoms with Gasteiger partial charge in [-0.15, -0.1) is 0 Å². The van der Waals surface area contributed by atoms with Crippen molar-refractivity contribution < 1.29 is 0 Å². The lowest BCUT2D eigenvalue weighted by atomic mass is 10.0. The highest BCUT2D eigenvalue weighted by Crippen LogP contribution is 2.21. The van der Waals surface area contributed by atoms with Crippen molar-refractivity contribution in [1.82, 2.24) is 4.90 Å². The summed E-state index contributed by atoms with van der Waals surface area (Å²) in [6.45, 7) is 6.51. The van der Waals surface area contributed by atoms with E-state index < -0.39 is 0 Å². The number of benzene rings is 3. The Morgan fingerprint density at radius 3 is 2.18 bits per heavy atom. The van der Waals surface area contributed by atoms with Gasteiger partial charge in [0.05, 0.1) is 0 Å². The van der Waals surface area contributed by atoms with Gasteiger partial charge in [-0.25, -0.2) is 0 Å². The fourth-order valence-electron chi connectivity index (χ4n) is 2.89. The van der Waals surface area contributed by atoms with Gasteiger partial charge < -0.3 is 0 Å². The van der Waals surface area contributed by atoms with E-state index in [2.05, 4.69) is 91.5 Å². The summed E-state index contributed by atoms with van der Waals surface area (Å²) in [7, 11) is 0. The molecule has 0 heterocycles. The molecule has 112 valence electrons. The van der Waals surface area contributed by atoms with Crippen LogP contribution in [0.1, 0.15) is 25.0 Å². The molecule has 0 saturated carbocycles. The van der Waals surface area contributed by atoms with E-state index in [1.54, 1.807) is 0 Å². The Balaban J connectivity index is 1.87. The van der Waals surface area contributed by atoms with Crippen LogP contribution in [0.15, 0.2) is 72.8 Å². The number of fused-ring (bicyclic) bond motifs is 1. The van der Waals surface area contributed by atoms with Gasteiger partial charge in [-0.05, 0) is 35.7 Å². The summed E-state index contributed by atoms with van der Waals surface area (Å²) >= 11 is 0. The van der Waals surface area contributed by atoms with Gasteiger partial charge in [0.15, 0.2) is 0 Å². The lowest BCUT2D eigenvalue weighted by Crippen LogP contribution is -2.29. The molecule has 0 spiro atoms. The topological polar surface area (TPSA) is 3.24 Å². The molecule has 0 radical (unpaired) electrons. The maximum Gasteiger partial charge on any atom is 0.0246 e. The van der Waals surface area contributed by atoms with Crippen LogP contribution in [0.2, 0.25) is 0 Å².